The second-order valence-electron chi connectivity index (χ2n) is 6.18. The summed E-state index contributed by atoms with van der Waals surface area (Å²) in [7, 11) is 0. The maximum Gasteiger partial charge on any atom is 0.400 e. The number of aryl methyl sites for hydroxylation is 1. The number of hydrogen-bond acceptors (Lipinski definition) is 1. The fraction of sp³-hybridized carbons (Fsp3) is 0.579. The van der Waals surface area contributed by atoms with E-state index in [1.165, 1.54) is 0 Å². The predicted octanol–water partition coefficient (Wildman–Crippen LogP) is 5.94. The molecular formula is C19H25F3O. The maximum atomic E-state index is 14.3. The molecule has 0 bridgehead atoms. The Morgan fingerprint density at radius 3 is 2.35 bits per heavy atom. The lowest BCUT2D eigenvalue weighted by Crippen LogP contribution is -2.37. The largest absolute Gasteiger partial charge is 0.432 e. The third kappa shape index (κ3) is 5.29. The molecule has 1 saturated carbocycles. The summed E-state index contributed by atoms with van der Waals surface area (Å²) in [6.07, 6.45) is 4.22. The SMILES string of the molecule is CCc1ccc(OC(F)(F)C2CCC(C=CCCF)CC2)cc1. The van der Waals surface area contributed by atoms with E-state index in [0.717, 1.165) is 12.0 Å². The molecule has 4 heteroatoms. The first kappa shape index (κ1) is 17.9. The van der Waals surface area contributed by atoms with E-state index in [4.69, 9.17) is 4.74 Å². The highest BCUT2D eigenvalue weighted by Crippen LogP contribution is 2.40. The lowest BCUT2D eigenvalue weighted by atomic mass is 9.81. The van der Waals surface area contributed by atoms with Gasteiger partial charge in [-0.2, -0.15) is 8.78 Å². The molecule has 1 aliphatic rings. The van der Waals surface area contributed by atoms with Gasteiger partial charge in [0.25, 0.3) is 0 Å². The number of allylic oxidation sites excluding steroid dienone is 2. The van der Waals surface area contributed by atoms with Crippen LogP contribution in [0.15, 0.2) is 36.4 Å². The Balaban J connectivity index is 1.87. The van der Waals surface area contributed by atoms with Crippen LogP contribution in [0.4, 0.5) is 13.2 Å². The van der Waals surface area contributed by atoms with Crippen molar-refractivity contribution in [1.82, 2.24) is 0 Å². The summed E-state index contributed by atoms with van der Waals surface area (Å²) in [5.74, 6) is -0.242. The molecule has 0 unspecified atom stereocenters. The minimum atomic E-state index is -3.14. The first-order valence-electron chi connectivity index (χ1n) is 8.43. The van der Waals surface area contributed by atoms with Crippen LogP contribution in [0.3, 0.4) is 0 Å². The second kappa shape index (κ2) is 8.42. The molecule has 0 aliphatic heterocycles. The molecule has 0 aromatic heterocycles. The topological polar surface area (TPSA) is 9.23 Å². The average molecular weight is 326 g/mol. The zero-order valence-electron chi connectivity index (χ0n) is 13.6. The van der Waals surface area contributed by atoms with Crippen molar-refractivity contribution >= 4 is 0 Å². The average Bonchev–Trinajstić information content (AvgIpc) is 2.56. The molecule has 1 aliphatic carbocycles. The zero-order chi connectivity index (χ0) is 16.7. The van der Waals surface area contributed by atoms with Gasteiger partial charge in [0.2, 0.25) is 0 Å². The molecule has 1 aromatic rings. The summed E-state index contributed by atoms with van der Waals surface area (Å²) in [6.45, 7) is 1.65. The molecular weight excluding hydrogens is 301 g/mol. The lowest BCUT2D eigenvalue weighted by molar-refractivity contribution is -0.222. The van der Waals surface area contributed by atoms with Crippen LogP contribution in [0.2, 0.25) is 0 Å². The third-order valence-corrected chi connectivity index (χ3v) is 4.52. The number of benzene rings is 1. The predicted molar refractivity (Wildman–Crippen MR) is 86.6 cm³/mol. The van der Waals surface area contributed by atoms with Crippen LogP contribution in [0.25, 0.3) is 0 Å². The monoisotopic (exact) mass is 326 g/mol. The van der Waals surface area contributed by atoms with E-state index >= 15 is 0 Å². The smallest absolute Gasteiger partial charge is 0.400 e. The van der Waals surface area contributed by atoms with Gasteiger partial charge in [-0.25, -0.2) is 0 Å². The fourth-order valence-corrected chi connectivity index (χ4v) is 3.03. The molecule has 23 heavy (non-hydrogen) atoms. The molecule has 0 spiro atoms. The molecule has 2 rings (SSSR count). The number of ether oxygens (including phenoxy) is 1. The van der Waals surface area contributed by atoms with Crippen LogP contribution >= 0.6 is 0 Å². The molecule has 0 amide bonds. The Bertz CT molecular complexity index is 488. The lowest BCUT2D eigenvalue weighted by Gasteiger charge is -2.32. The van der Waals surface area contributed by atoms with Crippen molar-refractivity contribution in [2.75, 3.05) is 6.67 Å². The van der Waals surface area contributed by atoms with Crippen molar-refractivity contribution in [3.05, 3.63) is 42.0 Å². The van der Waals surface area contributed by atoms with E-state index < -0.39 is 12.0 Å². The molecule has 1 fully saturated rings. The van der Waals surface area contributed by atoms with Crippen molar-refractivity contribution in [3.63, 3.8) is 0 Å². The van der Waals surface area contributed by atoms with Crippen LogP contribution in [0, 0.1) is 11.8 Å². The van der Waals surface area contributed by atoms with Crippen molar-refractivity contribution in [2.24, 2.45) is 11.8 Å². The Morgan fingerprint density at radius 2 is 1.78 bits per heavy atom. The molecule has 128 valence electrons. The van der Waals surface area contributed by atoms with Gasteiger partial charge in [-0.3, -0.25) is 4.39 Å². The normalized spacial score (nSPS) is 22.4. The molecule has 1 nitrogen and oxygen atoms in total. The van der Waals surface area contributed by atoms with E-state index in [1.807, 2.05) is 31.2 Å². The maximum absolute atomic E-state index is 14.3. The Hall–Kier alpha value is -1.45. The van der Waals surface area contributed by atoms with E-state index in [1.54, 1.807) is 12.1 Å². The number of rotatable bonds is 7. The van der Waals surface area contributed by atoms with Gasteiger partial charge in [0.1, 0.15) is 5.75 Å². The van der Waals surface area contributed by atoms with E-state index in [0.29, 0.717) is 32.1 Å². The summed E-state index contributed by atoms with van der Waals surface area (Å²) >= 11 is 0. The van der Waals surface area contributed by atoms with Crippen LogP contribution in [0.1, 0.15) is 44.6 Å². The second-order valence-corrected chi connectivity index (χ2v) is 6.18. The Labute approximate surface area is 136 Å². The van der Waals surface area contributed by atoms with Crippen molar-refractivity contribution in [2.45, 2.75) is 51.6 Å². The van der Waals surface area contributed by atoms with Crippen molar-refractivity contribution in [1.29, 1.82) is 0 Å². The van der Waals surface area contributed by atoms with Crippen LogP contribution < -0.4 is 4.74 Å². The highest BCUT2D eigenvalue weighted by atomic mass is 19.3. The molecule has 0 saturated heterocycles. The highest BCUT2D eigenvalue weighted by Gasteiger charge is 2.43. The standard InChI is InChI=1S/C19H25F3O/c1-2-15-8-12-18(13-9-15)23-19(21,22)17-10-6-16(7-11-17)5-3-4-14-20/h3,5,8-9,12-13,16-17H,2,4,6-7,10-11,14H2,1H3. The third-order valence-electron chi connectivity index (χ3n) is 4.52. The first-order valence-corrected chi connectivity index (χ1v) is 8.43. The number of hydrogen-bond donors (Lipinski definition) is 0. The Morgan fingerprint density at radius 1 is 1.13 bits per heavy atom. The minimum Gasteiger partial charge on any atom is -0.432 e. The molecule has 0 atom stereocenters. The quantitative estimate of drug-likeness (QED) is 0.563. The van der Waals surface area contributed by atoms with Gasteiger partial charge in [-0.05, 0) is 62.1 Å². The Kier molecular flexibility index (Phi) is 6.55. The van der Waals surface area contributed by atoms with Gasteiger partial charge in [-0.15, -0.1) is 0 Å². The molecule has 0 N–H and O–H groups in total. The van der Waals surface area contributed by atoms with Gasteiger partial charge in [0.15, 0.2) is 0 Å². The van der Waals surface area contributed by atoms with Gasteiger partial charge >= 0.3 is 6.11 Å². The van der Waals surface area contributed by atoms with E-state index in [9.17, 15) is 13.2 Å². The van der Waals surface area contributed by atoms with Crippen LogP contribution in [-0.4, -0.2) is 12.8 Å². The summed E-state index contributed by atoms with van der Waals surface area (Å²) in [4.78, 5) is 0. The van der Waals surface area contributed by atoms with Gasteiger partial charge in [0, 0.05) is 0 Å². The minimum absolute atomic E-state index is 0.220. The van der Waals surface area contributed by atoms with Crippen LogP contribution in [0.5, 0.6) is 5.75 Å². The molecule has 1 aromatic carbocycles. The first-order chi connectivity index (χ1) is 11.0. The summed E-state index contributed by atoms with van der Waals surface area (Å²) in [6, 6.07) is 6.85. The number of alkyl halides is 3. The van der Waals surface area contributed by atoms with Gasteiger partial charge in [-0.1, -0.05) is 31.2 Å². The summed E-state index contributed by atoms with van der Waals surface area (Å²) < 4.78 is 45.7. The van der Waals surface area contributed by atoms with Gasteiger partial charge < -0.3 is 4.74 Å². The van der Waals surface area contributed by atoms with Gasteiger partial charge in [0.05, 0.1) is 12.6 Å². The van der Waals surface area contributed by atoms with Crippen LogP contribution in [-0.2, 0) is 6.42 Å². The highest BCUT2D eigenvalue weighted by molar-refractivity contribution is 5.27. The van der Waals surface area contributed by atoms with E-state index in [2.05, 4.69) is 0 Å². The van der Waals surface area contributed by atoms with Crippen molar-refractivity contribution in [3.8, 4) is 5.75 Å². The summed E-state index contributed by atoms with van der Waals surface area (Å²) in [5, 5.41) is 0. The van der Waals surface area contributed by atoms with Crippen molar-refractivity contribution < 1.29 is 17.9 Å². The van der Waals surface area contributed by atoms with E-state index in [-0.39, 0.29) is 18.3 Å². The molecule has 0 radical (unpaired) electrons. The fourth-order valence-electron chi connectivity index (χ4n) is 3.03. The molecule has 0 heterocycles. The zero-order valence-corrected chi connectivity index (χ0v) is 13.6. The number of halogens is 3. The summed E-state index contributed by atoms with van der Waals surface area (Å²) in [5.41, 5.74) is 1.10.